The number of pyridine rings is 1. The molecule has 2 aliphatic heterocycles. The van der Waals surface area contributed by atoms with Gasteiger partial charge in [0.15, 0.2) is 5.65 Å². The minimum atomic E-state index is 0.124. The third kappa shape index (κ3) is 4.20. The van der Waals surface area contributed by atoms with E-state index in [9.17, 15) is 0 Å². The van der Waals surface area contributed by atoms with Crippen molar-refractivity contribution in [1.29, 1.82) is 0 Å². The Bertz CT molecular complexity index is 1070. The van der Waals surface area contributed by atoms with E-state index in [1.54, 1.807) is 7.11 Å². The van der Waals surface area contributed by atoms with Crippen LogP contribution in [0.5, 0.6) is 5.75 Å². The quantitative estimate of drug-likeness (QED) is 0.621. The molecule has 1 radical (unpaired) electrons. The first-order valence-corrected chi connectivity index (χ1v) is 11.1. The number of anilines is 2. The van der Waals surface area contributed by atoms with Crippen LogP contribution in [-0.4, -0.2) is 73.7 Å². The van der Waals surface area contributed by atoms with Crippen LogP contribution in [0.25, 0.3) is 22.3 Å². The van der Waals surface area contributed by atoms with Gasteiger partial charge >= 0.3 is 0 Å². The Hall–Kier alpha value is -2.97. The third-order valence-corrected chi connectivity index (χ3v) is 5.84. The van der Waals surface area contributed by atoms with Gasteiger partial charge in [-0.25, -0.2) is 4.98 Å². The van der Waals surface area contributed by atoms with Crippen molar-refractivity contribution in [2.75, 3.05) is 56.3 Å². The number of aromatic nitrogens is 3. The number of fused-ring (bicyclic) bond motifs is 1. The number of hydrogen-bond acceptors (Lipinski definition) is 8. The summed E-state index contributed by atoms with van der Waals surface area (Å²) in [7, 11) is 1.64. The molecular formula is C24H28N5O3. The highest BCUT2D eigenvalue weighted by atomic mass is 16.5. The number of rotatable bonds is 4. The third-order valence-electron chi connectivity index (χ3n) is 5.84. The molecule has 2 aliphatic rings. The van der Waals surface area contributed by atoms with Gasteiger partial charge in [-0.2, -0.15) is 9.97 Å². The van der Waals surface area contributed by atoms with E-state index in [1.807, 2.05) is 24.3 Å². The Labute approximate surface area is 188 Å². The van der Waals surface area contributed by atoms with Crippen molar-refractivity contribution in [3.05, 3.63) is 36.4 Å². The summed E-state index contributed by atoms with van der Waals surface area (Å²) in [6, 6.07) is 13.0. The molecule has 0 unspecified atom stereocenters. The Morgan fingerprint density at radius 3 is 2.44 bits per heavy atom. The number of methoxy groups -OCH3 is 1. The number of hydrogen-bond donors (Lipinski definition) is 0. The SMILES string of the molecule is COc1[c]cc(-c2ccc3c(N4CCOCC4)nc(N4C[C@@H](C)O[C@@H](C)C4)nc3n2)cc1. The summed E-state index contributed by atoms with van der Waals surface area (Å²) >= 11 is 0. The number of nitrogens with zero attached hydrogens (tertiary/aromatic N) is 5. The van der Waals surface area contributed by atoms with E-state index < -0.39 is 0 Å². The molecular weight excluding hydrogens is 406 g/mol. The molecule has 0 bridgehead atoms. The van der Waals surface area contributed by atoms with E-state index in [2.05, 4.69) is 35.8 Å². The molecule has 0 N–H and O–H groups in total. The fraction of sp³-hybridized carbons (Fsp3) is 0.458. The normalized spacial score (nSPS) is 21.7. The summed E-state index contributed by atoms with van der Waals surface area (Å²) < 4.78 is 16.7. The van der Waals surface area contributed by atoms with Crippen LogP contribution in [0.15, 0.2) is 30.3 Å². The molecule has 2 aromatic heterocycles. The van der Waals surface area contributed by atoms with Gasteiger partial charge in [-0.3, -0.25) is 0 Å². The van der Waals surface area contributed by atoms with Gasteiger partial charge < -0.3 is 24.0 Å². The average molecular weight is 435 g/mol. The Balaban J connectivity index is 1.59. The van der Waals surface area contributed by atoms with E-state index >= 15 is 0 Å². The lowest BCUT2D eigenvalue weighted by Gasteiger charge is -2.36. The zero-order valence-electron chi connectivity index (χ0n) is 18.7. The second-order valence-corrected chi connectivity index (χ2v) is 8.32. The highest BCUT2D eigenvalue weighted by Crippen LogP contribution is 2.30. The van der Waals surface area contributed by atoms with E-state index in [-0.39, 0.29) is 12.2 Å². The molecule has 0 amide bonds. The Morgan fingerprint density at radius 2 is 1.75 bits per heavy atom. The van der Waals surface area contributed by atoms with Crippen LogP contribution >= 0.6 is 0 Å². The molecule has 8 heteroatoms. The molecule has 1 aromatic carbocycles. The molecule has 4 heterocycles. The minimum Gasteiger partial charge on any atom is -0.496 e. The topological polar surface area (TPSA) is 72.8 Å². The fourth-order valence-corrected chi connectivity index (χ4v) is 4.34. The van der Waals surface area contributed by atoms with Gasteiger partial charge in [-0.15, -0.1) is 0 Å². The molecule has 3 aromatic rings. The van der Waals surface area contributed by atoms with Crippen LogP contribution in [0.1, 0.15) is 13.8 Å². The van der Waals surface area contributed by atoms with Gasteiger partial charge in [-0.1, -0.05) is 0 Å². The number of benzene rings is 1. The van der Waals surface area contributed by atoms with Crippen LogP contribution in [0.4, 0.5) is 11.8 Å². The van der Waals surface area contributed by atoms with Crippen LogP contribution in [-0.2, 0) is 9.47 Å². The smallest absolute Gasteiger partial charge is 0.229 e. The lowest BCUT2D eigenvalue weighted by Crippen LogP contribution is -2.46. The minimum absolute atomic E-state index is 0.124. The van der Waals surface area contributed by atoms with E-state index in [1.165, 1.54) is 0 Å². The molecule has 5 rings (SSSR count). The van der Waals surface area contributed by atoms with Crippen molar-refractivity contribution in [2.24, 2.45) is 0 Å². The van der Waals surface area contributed by atoms with Gasteiger partial charge in [0, 0.05) is 37.8 Å². The number of ether oxygens (including phenoxy) is 3. The van der Waals surface area contributed by atoms with Crippen molar-refractivity contribution < 1.29 is 14.2 Å². The molecule has 167 valence electrons. The second kappa shape index (κ2) is 8.88. The van der Waals surface area contributed by atoms with Crippen molar-refractivity contribution in [1.82, 2.24) is 15.0 Å². The molecule has 2 saturated heterocycles. The molecule has 8 nitrogen and oxygen atoms in total. The predicted octanol–water partition coefficient (Wildman–Crippen LogP) is 2.95. The largest absolute Gasteiger partial charge is 0.496 e. The van der Waals surface area contributed by atoms with E-state index in [0.29, 0.717) is 30.6 Å². The van der Waals surface area contributed by atoms with Gasteiger partial charge in [0.05, 0.1) is 43.6 Å². The van der Waals surface area contributed by atoms with Gasteiger partial charge in [0.2, 0.25) is 5.95 Å². The molecule has 2 atom stereocenters. The Morgan fingerprint density at radius 1 is 0.969 bits per heavy atom. The molecule has 0 spiro atoms. The summed E-state index contributed by atoms with van der Waals surface area (Å²) in [6.45, 7) is 8.68. The van der Waals surface area contributed by atoms with E-state index in [0.717, 1.165) is 48.6 Å². The van der Waals surface area contributed by atoms with Crippen molar-refractivity contribution >= 4 is 22.8 Å². The first-order valence-electron chi connectivity index (χ1n) is 11.1. The lowest BCUT2D eigenvalue weighted by atomic mass is 10.1. The fourth-order valence-electron chi connectivity index (χ4n) is 4.34. The lowest BCUT2D eigenvalue weighted by molar-refractivity contribution is -0.00570. The van der Waals surface area contributed by atoms with Gasteiger partial charge in [0.1, 0.15) is 11.6 Å². The standard InChI is InChI=1S/C24H28N5O3/c1-16-14-29(15-17(2)32-16)24-26-22-20(23(27-24)28-10-12-31-13-11-28)8-9-21(25-22)18-4-6-19(30-3)7-5-18/h4-6,8-9,16-17H,10-15H2,1-3H3/t16-,17+. The van der Waals surface area contributed by atoms with Crippen LogP contribution in [0.3, 0.4) is 0 Å². The second-order valence-electron chi connectivity index (χ2n) is 8.32. The van der Waals surface area contributed by atoms with Crippen molar-refractivity contribution in [3.63, 3.8) is 0 Å². The van der Waals surface area contributed by atoms with Gasteiger partial charge in [0.25, 0.3) is 0 Å². The van der Waals surface area contributed by atoms with Crippen LogP contribution < -0.4 is 14.5 Å². The highest BCUT2D eigenvalue weighted by molar-refractivity contribution is 5.89. The molecule has 32 heavy (non-hydrogen) atoms. The Kier molecular flexibility index (Phi) is 5.80. The zero-order chi connectivity index (χ0) is 22.1. The summed E-state index contributed by atoms with van der Waals surface area (Å²) in [5, 5.41) is 0.950. The van der Waals surface area contributed by atoms with Crippen LogP contribution in [0, 0.1) is 6.07 Å². The first kappa shape index (κ1) is 20.9. The zero-order valence-corrected chi connectivity index (χ0v) is 18.7. The first-order chi connectivity index (χ1) is 15.6. The summed E-state index contributed by atoms with van der Waals surface area (Å²) in [5.41, 5.74) is 2.50. The molecule has 0 saturated carbocycles. The maximum absolute atomic E-state index is 5.91. The maximum Gasteiger partial charge on any atom is 0.229 e. The van der Waals surface area contributed by atoms with Crippen molar-refractivity contribution in [3.8, 4) is 17.0 Å². The van der Waals surface area contributed by atoms with Crippen LogP contribution in [0.2, 0.25) is 0 Å². The van der Waals surface area contributed by atoms with Crippen molar-refractivity contribution in [2.45, 2.75) is 26.1 Å². The maximum atomic E-state index is 5.91. The van der Waals surface area contributed by atoms with E-state index in [4.69, 9.17) is 29.2 Å². The highest BCUT2D eigenvalue weighted by Gasteiger charge is 2.26. The summed E-state index contributed by atoms with van der Waals surface area (Å²) in [4.78, 5) is 19.3. The summed E-state index contributed by atoms with van der Waals surface area (Å²) in [5.74, 6) is 2.32. The summed E-state index contributed by atoms with van der Waals surface area (Å²) in [6.07, 6.45) is 0.248. The molecule has 0 aliphatic carbocycles. The predicted molar refractivity (Wildman–Crippen MR) is 123 cm³/mol. The molecule has 2 fully saturated rings. The van der Waals surface area contributed by atoms with Gasteiger partial charge in [-0.05, 0) is 44.2 Å². The number of morpholine rings is 2. The monoisotopic (exact) mass is 434 g/mol. The average Bonchev–Trinajstić information content (AvgIpc) is 2.83.